The summed E-state index contributed by atoms with van der Waals surface area (Å²) in [5, 5.41) is 6.78. The fourth-order valence-electron chi connectivity index (χ4n) is 2.70. The molecule has 0 bridgehead atoms. The second kappa shape index (κ2) is 8.15. The molecule has 0 saturated carbocycles. The van der Waals surface area contributed by atoms with E-state index in [-0.39, 0.29) is 24.7 Å². The number of carbonyl (C=O) groups is 1. The molecule has 1 N–H and O–H groups in total. The molecular formula is C17H24N4O4. The summed E-state index contributed by atoms with van der Waals surface area (Å²) >= 11 is 0. The van der Waals surface area contributed by atoms with Crippen molar-refractivity contribution >= 4 is 6.03 Å². The third-order valence-corrected chi connectivity index (χ3v) is 4.10. The van der Waals surface area contributed by atoms with Crippen LogP contribution in [0.2, 0.25) is 0 Å². The number of furan rings is 1. The molecule has 8 heteroatoms. The Morgan fingerprint density at radius 2 is 2.40 bits per heavy atom. The molecule has 8 nitrogen and oxygen atoms in total. The summed E-state index contributed by atoms with van der Waals surface area (Å²) in [6.45, 7) is 5.95. The van der Waals surface area contributed by atoms with Crippen LogP contribution in [0.4, 0.5) is 4.79 Å². The van der Waals surface area contributed by atoms with Crippen molar-refractivity contribution in [3.05, 3.63) is 35.9 Å². The van der Waals surface area contributed by atoms with Crippen LogP contribution >= 0.6 is 0 Å². The zero-order valence-electron chi connectivity index (χ0n) is 14.6. The molecule has 0 radical (unpaired) electrons. The molecule has 0 aliphatic carbocycles. The van der Waals surface area contributed by atoms with Crippen LogP contribution in [0.15, 0.2) is 27.3 Å². The number of hydrogen-bond donors (Lipinski definition) is 1. The van der Waals surface area contributed by atoms with E-state index in [4.69, 9.17) is 13.7 Å². The van der Waals surface area contributed by atoms with Gasteiger partial charge in [0.25, 0.3) is 5.89 Å². The minimum absolute atomic E-state index is 0.0301. The van der Waals surface area contributed by atoms with Crippen molar-refractivity contribution in [3.63, 3.8) is 0 Å². The van der Waals surface area contributed by atoms with Gasteiger partial charge >= 0.3 is 6.03 Å². The van der Waals surface area contributed by atoms with Gasteiger partial charge in [-0.1, -0.05) is 19.0 Å². The molecule has 1 fully saturated rings. The van der Waals surface area contributed by atoms with Crippen LogP contribution in [0.25, 0.3) is 0 Å². The predicted molar refractivity (Wildman–Crippen MR) is 88.7 cm³/mol. The fraction of sp³-hybridized carbons (Fsp3) is 0.588. The minimum atomic E-state index is -0.107. The molecule has 25 heavy (non-hydrogen) atoms. The molecule has 1 aliphatic heterocycles. The Balaban J connectivity index is 1.44. The molecule has 2 amide bonds. The first-order valence-electron chi connectivity index (χ1n) is 8.61. The van der Waals surface area contributed by atoms with E-state index in [0.717, 1.165) is 25.1 Å². The Hall–Kier alpha value is -2.35. The van der Waals surface area contributed by atoms with E-state index in [2.05, 4.69) is 15.5 Å². The minimum Gasteiger partial charge on any atom is -0.467 e. The van der Waals surface area contributed by atoms with Crippen molar-refractivity contribution in [2.24, 2.45) is 0 Å². The summed E-state index contributed by atoms with van der Waals surface area (Å²) in [5.41, 5.74) is 0. The Bertz CT molecular complexity index is 668. The Morgan fingerprint density at radius 3 is 3.12 bits per heavy atom. The van der Waals surface area contributed by atoms with Gasteiger partial charge in [0.05, 0.1) is 18.9 Å². The first-order chi connectivity index (χ1) is 12.1. The molecule has 3 rings (SSSR count). The van der Waals surface area contributed by atoms with E-state index in [0.29, 0.717) is 24.8 Å². The van der Waals surface area contributed by atoms with Crippen LogP contribution in [0.1, 0.15) is 50.1 Å². The first-order valence-corrected chi connectivity index (χ1v) is 8.61. The van der Waals surface area contributed by atoms with Crippen LogP contribution < -0.4 is 5.32 Å². The Kier molecular flexibility index (Phi) is 5.70. The molecule has 2 aromatic heterocycles. The van der Waals surface area contributed by atoms with Crippen molar-refractivity contribution < 1.29 is 18.5 Å². The third kappa shape index (κ3) is 4.82. The summed E-state index contributed by atoms with van der Waals surface area (Å²) in [6.07, 6.45) is 3.37. The smallest absolute Gasteiger partial charge is 0.317 e. The monoisotopic (exact) mass is 348 g/mol. The lowest BCUT2D eigenvalue weighted by atomic mass is 10.1. The number of rotatable bonds is 6. The zero-order valence-corrected chi connectivity index (χ0v) is 14.6. The maximum Gasteiger partial charge on any atom is 0.317 e. The standard InChI is InChI=1S/C17H24N4O4/c1-12(2)16-19-15(25-20-16)11-24-14-5-3-7-21(10-14)17(22)18-9-13-6-4-8-23-13/h4,6,8,12,14H,3,5,7,9-11H2,1-2H3,(H,18,22)/t14-/m0/s1. The molecule has 0 spiro atoms. The summed E-state index contributed by atoms with van der Waals surface area (Å²) in [6, 6.07) is 3.52. The number of carbonyl (C=O) groups excluding carboxylic acids is 1. The van der Waals surface area contributed by atoms with Gasteiger partial charge in [0.2, 0.25) is 0 Å². The molecular weight excluding hydrogens is 324 g/mol. The highest BCUT2D eigenvalue weighted by Gasteiger charge is 2.24. The highest BCUT2D eigenvalue weighted by atomic mass is 16.5. The van der Waals surface area contributed by atoms with Gasteiger partial charge in [0.15, 0.2) is 5.82 Å². The second-order valence-electron chi connectivity index (χ2n) is 6.46. The lowest BCUT2D eigenvalue weighted by Crippen LogP contribution is -2.47. The topological polar surface area (TPSA) is 93.6 Å². The number of nitrogens with zero attached hydrogens (tertiary/aromatic N) is 3. The summed E-state index contributed by atoms with van der Waals surface area (Å²) in [4.78, 5) is 18.3. The van der Waals surface area contributed by atoms with Crippen LogP contribution in [-0.2, 0) is 17.9 Å². The number of piperidine rings is 1. The number of amides is 2. The van der Waals surface area contributed by atoms with Crippen LogP contribution in [-0.4, -0.2) is 40.3 Å². The van der Waals surface area contributed by atoms with Crippen molar-refractivity contribution in [1.29, 1.82) is 0 Å². The second-order valence-corrected chi connectivity index (χ2v) is 6.46. The Morgan fingerprint density at radius 1 is 1.52 bits per heavy atom. The van der Waals surface area contributed by atoms with Gasteiger partial charge in [-0.15, -0.1) is 0 Å². The molecule has 0 aromatic carbocycles. The van der Waals surface area contributed by atoms with Crippen molar-refractivity contribution in [2.75, 3.05) is 13.1 Å². The van der Waals surface area contributed by atoms with E-state index in [1.807, 2.05) is 19.9 Å². The average Bonchev–Trinajstić information content (AvgIpc) is 3.30. The molecule has 0 unspecified atom stereocenters. The third-order valence-electron chi connectivity index (χ3n) is 4.10. The summed E-state index contributed by atoms with van der Waals surface area (Å²) in [7, 11) is 0. The van der Waals surface area contributed by atoms with Gasteiger partial charge in [0, 0.05) is 19.0 Å². The van der Waals surface area contributed by atoms with E-state index >= 15 is 0 Å². The van der Waals surface area contributed by atoms with E-state index < -0.39 is 0 Å². The number of aromatic nitrogens is 2. The number of likely N-dealkylation sites (tertiary alicyclic amines) is 1. The van der Waals surface area contributed by atoms with Crippen LogP contribution in [0.5, 0.6) is 0 Å². The first kappa shape index (κ1) is 17.5. The van der Waals surface area contributed by atoms with Crippen LogP contribution in [0, 0.1) is 0 Å². The normalized spacial score (nSPS) is 17.9. The number of nitrogens with one attached hydrogen (secondary N) is 1. The highest BCUT2D eigenvalue weighted by Crippen LogP contribution is 2.16. The molecule has 2 aromatic rings. The highest BCUT2D eigenvalue weighted by molar-refractivity contribution is 5.74. The molecule has 1 atom stereocenters. The molecule has 1 saturated heterocycles. The quantitative estimate of drug-likeness (QED) is 0.862. The Labute approximate surface area is 146 Å². The van der Waals surface area contributed by atoms with Crippen molar-refractivity contribution in [3.8, 4) is 0 Å². The SMILES string of the molecule is CC(C)c1noc(CO[C@H]2CCCN(C(=O)NCc3ccco3)C2)n1. The molecule has 136 valence electrons. The van der Waals surface area contributed by atoms with Crippen molar-refractivity contribution in [1.82, 2.24) is 20.4 Å². The summed E-state index contributed by atoms with van der Waals surface area (Å²) < 4.78 is 16.3. The number of ether oxygens (including phenoxy) is 1. The number of hydrogen-bond acceptors (Lipinski definition) is 6. The lowest BCUT2D eigenvalue weighted by Gasteiger charge is -2.32. The van der Waals surface area contributed by atoms with Gasteiger partial charge in [-0.3, -0.25) is 0 Å². The summed E-state index contributed by atoms with van der Waals surface area (Å²) in [5.74, 6) is 2.11. The van der Waals surface area contributed by atoms with Crippen molar-refractivity contribution in [2.45, 2.75) is 51.9 Å². The molecule has 1 aliphatic rings. The van der Waals surface area contributed by atoms with Crippen LogP contribution in [0.3, 0.4) is 0 Å². The molecule has 3 heterocycles. The number of urea groups is 1. The van der Waals surface area contributed by atoms with E-state index in [9.17, 15) is 4.79 Å². The van der Waals surface area contributed by atoms with E-state index in [1.54, 1.807) is 17.2 Å². The van der Waals surface area contributed by atoms with E-state index in [1.165, 1.54) is 0 Å². The fourth-order valence-corrected chi connectivity index (χ4v) is 2.70. The largest absolute Gasteiger partial charge is 0.467 e. The maximum atomic E-state index is 12.3. The van der Waals surface area contributed by atoms with Gasteiger partial charge in [-0.25, -0.2) is 4.79 Å². The van der Waals surface area contributed by atoms with Gasteiger partial charge < -0.3 is 23.9 Å². The lowest BCUT2D eigenvalue weighted by molar-refractivity contribution is -0.0104. The average molecular weight is 348 g/mol. The van der Waals surface area contributed by atoms with Gasteiger partial charge in [-0.05, 0) is 25.0 Å². The maximum absolute atomic E-state index is 12.3. The zero-order chi connectivity index (χ0) is 17.6. The predicted octanol–water partition coefficient (Wildman–Crippen LogP) is 2.68. The van der Waals surface area contributed by atoms with Gasteiger partial charge in [0.1, 0.15) is 12.4 Å². The van der Waals surface area contributed by atoms with Gasteiger partial charge in [-0.2, -0.15) is 4.98 Å².